The van der Waals surface area contributed by atoms with Crippen LogP contribution in [0.3, 0.4) is 0 Å². The van der Waals surface area contributed by atoms with Crippen molar-refractivity contribution in [3.63, 3.8) is 0 Å². The smallest absolute Gasteiger partial charge is 0.308 e. The monoisotopic (exact) mass is 577 g/mol. The summed E-state index contributed by atoms with van der Waals surface area (Å²) < 4.78 is 6.58. The molecule has 2 unspecified atom stereocenters. The molecule has 4 aromatic rings. The van der Waals surface area contributed by atoms with E-state index in [9.17, 15) is 19.2 Å². The summed E-state index contributed by atoms with van der Waals surface area (Å²) in [5.74, 6) is -1.36. The number of anilines is 2. The van der Waals surface area contributed by atoms with Gasteiger partial charge in [-0.25, -0.2) is 4.90 Å². The number of thiophene rings is 1. The molecule has 8 nitrogen and oxygen atoms in total. The first-order valence-electron chi connectivity index (χ1n) is 12.2. The van der Waals surface area contributed by atoms with Crippen LogP contribution in [0.1, 0.15) is 21.2 Å². The van der Waals surface area contributed by atoms with Crippen LogP contribution in [0.5, 0.6) is 5.75 Å². The SMILES string of the molecule is COc1ccc(NC(=O)Cn2c3c(sc2=O)[C@H](c2cccs2)C2C(=O)N(c4ccc(C)cc4)C(=O)C2S3)cc1. The van der Waals surface area contributed by atoms with Crippen LogP contribution >= 0.6 is 34.4 Å². The predicted octanol–water partition coefficient (Wildman–Crippen LogP) is 4.72. The maximum absolute atomic E-state index is 13.8. The zero-order chi connectivity index (χ0) is 27.3. The summed E-state index contributed by atoms with van der Waals surface area (Å²) >= 11 is 3.75. The number of aromatic nitrogens is 1. The van der Waals surface area contributed by atoms with Crippen LogP contribution in [-0.4, -0.2) is 34.6 Å². The Hall–Kier alpha value is -3.67. The summed E-state index contributed by atoms with van der Waals surface area (Å²) in [7, 11) is 1.56. The van der Waals surface area contributed by atoms with Crippen LogP contribution in [-0.2, 0) is 20.9 Å². The van der Waals surface area contributed by atoms with Gasteiger partial charge in [-0.2, -0.15) is 0 Å². The number of amides is 3. The quantitative estimate of drug-likeness (QED) is 0.333. The number of nitrogens with one attached hydrogen (secondary N) is 1. The molecule has 198 valence electrons. The fourth-order valence-corrected chi connectivity index (χ4v) is 8.72. The highest BCUT2D eigenvalue weighted by atomic mass is 32.2. The number of imide groups is 1. The van der Waals surface area contributed by atoms with E-state index in [0.717, 1.165) is 26.7 Å². The van der Waals surface area contributed by atoms with Gasteiger partial charge >= 0.3 is 4.87 Å². The van der Waals surface area contributed by atoms with Gasteiger partial charge in [0.05, 0.1) is 23.7 Å². The zero-order valence-electron chi connectivity index (χ0n) is 21.0. The fraction of sp³-hybridized carbons (Fsp3) is 0.214. The number of hydrogen-bond donors (Lipinski definition) is 1. The number of methoxy groups -OCH3 is 1. The second kappa shape index (κ2) is 10.1. The normalized spacial score (nSPS) is 20.1. The fourth-order valence-electron chi connectivity index (χ4n) is 5.00. The molecule has 1 saturated heterocycles. The van der Waals surface area contributed by atoms with Gasteiger partial charge in [-0.05, 0) is 54.8 Å². The minimum atomic E-state index is -0.705. The molecule has 0 saturated carbocycles. The van der Waals surface area contributed by atoms with Crippen LogP contribution in [0.15, 0.2) is 75.9 Å². The largest absolute Gasteiger partial charge is 0.497 e. The molecule has 0 bridgehead atoms. The van der Waals surface area contributed by atoms with E-state index in [1.54, 1.807) is 43.5 Å². The number of hydrogen-bond acceptors (Lipinski definition) is 8. The molecule has 2 aliphatic rings. The van der Waals surface area contributed by atoms with Crippen LogP contribution in [0, 0.1) is 12.8 Å². The van der Waals surface area contributed by atoms with Crippen molar-refractivity contribution in [1.82, 2.24) is 4.57 Å². The number of fused-ring (bicyclic) bond motifs is 2. The van der Waals surface area contributed by atoms with Gasteiger partial charge < -0.3 is 10.1 Å². The van der Waals surface area contributed by atoms with Gasteiger partial charge in [-0.3, -0.25) is 23.7 Å². The van der Waals surface area contributed by atoms with Crippen molar-refractivity contribution >= 4 is 63.5 Å². The Labute approximate surface area is 236 Å². The molecule has 11 heteroatoms. The highest BCUT2D eigenvalue weighted by Gasteiger charge is 2.57. The van der Waals surface area contributed by atoms with Crippen molar-refractivity contribution in [2.45, 2.75) is 29.7 Å². The first-order valence-corrected chi connectivity index (χ1v) is 14.7. The van der Waals surface area contributed by atoms with Crippen LogP contribution in [0.4, 0.5) is 11.4 Å². The molecule has 1 N–H and O–H groups in total. The van der Waals surface area contributed by atoms with Crippen molar-refractivity contribution in [3.8, 4) is 5.75 Å². The van der Waals surface area contributed by atoms with E-state index in [4.69, 9.17) is 4.74 Å². The number of ether oxygens (including phenoxy) is 1. The molecule has 3 amide bonds. The molecule has 2 aromatic carbocycles. The van der Waals surface area contributed by atoms with Gasteiger partial charge in [0, 0.05) is 21.4 Å². The highest BCUT2D eigenvalue weighted by molar-refractivity contribution is 8.00. The Morgan fingerprint density at radius 3 is 2.41 bits per heavy atom. The third-order valence-electron chi connectivity index (χ3n) is 6.87. The molecule has 2 aromatic heterocycles. The van der Waals surface area contributed by atoms with Crippen molar-refractivity contribution < 1.29 is 19.1 Å². The molecular formula is C28H23N3O5S3. The molecule has 3 atom stereocenters. The second-order valence-electron chi connectivity index (χ2n) is 9.30. The molecule has 0 radical (unpaired) electrons. The summed E-state index contributed by atoms with van der Waals surface area (Å²) in [4.78, 5) is 56.3. The standard InChI is InChI=1S/C28H23N3O5S3/c1-15-5-9-17(10-6-15)31-25(33)22-21(19-4-3-13-37-19)24-27(38-23(22)26(31)34)30(28(35)39-24)14-20(32)29-16-7-11-18(36-2)12-8-16/h3-13,21-23H,14H2,1-2H3,(H,29,32)/t21-,22?,23?/m1/s1. The van der Waals surface area contributed by atoms with Crippen molar-refractivity contribution in [1.29, 1.82) is 0 Å². The minimum Gasteiger partial charge on any atom is -0.497 e. The second-order valence-corrected chi connectivity index (χ2v) is 12.4. The number of thioether (sulfide) groups is 1. The lowest BCUT2D eigenvalue weighted by atomic mass is 9.87. The number of thiazole rings is 1. The van der Waals surface area contributed by atoms with E-state index in [1.165, 1.54) is 32.6 Å². The van der Waals surface area contributed by atoms with Crippen molar-refractivity contribution in [2.24, 2.45) is 5.92 Å². The number of benzene rings is 2. The lowest BCUT2D eigenvalue weighted by Crippen LogP contribution is -2.32. The van der Waals surface area contributed by atoms with E-state index in [0.29, 0.717) is 22.2 Å². The summed E-state index contributed by atoms with van der Waals surface area (Å²) in [6, 6.07) is 18.0. The van der Waals surface area contributed by atoms with Crippen LogP contribution in [0.2, 0.25) is 0 Å². The molecule has 39 heavy (non-hydrogen) atoms. The molecule has 2 aliphatic heterocycles. The maximum Gasteiger partial charge on any atom is 0.308 e. The summed E-state index contributed by atoms with van der Waals surface area (Å²) in [6.45, 7) is 1.74. The van der Waals surface area contributed by atoms with Gasteiger partial charge in [0.1, 0.15) is 17.5 Å². The first kappa shape index (κ1) is 25.6. The third kappa shape index (κ3) is 4.50. The third-order valence-corrected chi connectivity index (χ3v) is 10.4. The lowest BCUT2D eigenvalue weighted by Gasteiger charge is -2.29. The van der Waals surface area contributed by atoms with Crippen LogP contribution in [0.25, 0.3) is 0 Å². The van der Waals surface area contributed by atoms with Gasteiger partial charge in [0.2, 0.25) is 17.7 Å². The zero-order valence-corrected chi connectivity index (χ0v) is 23.4. The Morgan fingerprint density at radius 1 is 1.00 bits per heavy atom. The van der Waals surface area contributed by atoms with Gasteiger partial charge in [-0.15, -0.1) is 11.3 Å². The number of nitrogens with zero attached hydrogens (tertiary/aromatic N) is 2. The molecule has 0 aliphatic carbocycles. The molecule has 4 heterocycles. The molecular weight excluding hydrogens is 555 g/mol. The average molecular weight is 578 g/mol. The Morgan fingerprint density at radius 2 is 1.74 bits per heavy atom. The number of aryl methyl sites for hydroxylation is 1. The van der Waals surface area contributed by atoms with Crippen LogP contribution < -0.4 is 19.8 Å². The summed E-state index contributed by atoms with van der Waals surface area (Å²) in [5, 5.41) is 4.60. The molecule has 0 spiro atoms. The molecule has 6 rings (SSSR count). The van der Waals surface area contributed by atoms with Gasteiger partial charge in [0.15, 0.2) is 0 Å². The lowest BCUT2D eigenvalue weighted by molar-refractivity contribution is -0.122. The number of carbonyl (C=O) groups is 3. The summed E-state index contributed by atoms with van der Waals surface area (Å²) in [5.41, 5.74) is 2.14. The average Bonchev–Trinajstić information content (AvgIpc) is 3.63. The van der Waals surface area contributed by atoms with Crippen molar-refractivity contribution in [2.75, 3.05) is 17.3 Å². The Bertz CT molecular complexity index is 1620. The van der Waals surface area contributed by atoms with E-state index >= 15 is 0 Å². The molecule has 1 fully saturated rings. The van der Waals surface area contributed by atoms with E-state index < -0.39 is 17.1 Å². The topological polar surface area (TPSA) is 97.7 Å². The Kier molecular flexibility index (Phi) is 6.66. The minimum absolute atomic E-state index is 0.206. The highest BCUT2D eigenvalue weighted by Crippen LogP contribution is 2.54. The van der Waals surface area contributed by atoms with Gasteiger partial charge in [-0.1, -0.05) is 46.9 Å². The van der Waals surface area contributed by atoms with E-state index in [1.807, 2.05) is 36.6 Å². The predicted molar refractivity (Wildman–Crippen MR) is 153 cm³/mol. The number of carbonyl (C=O) groups excluding carboxylic acids is 3. The first-order chi connectivity index (χ1) is 18.9. The summed E-state index contributed by atoms with van der Waals surface area (Å²) in [6.07, 6.45) is 0. The number of rotatable bonds is 6. The van der Waals surface area contributed by atoms with E-state index in [-0.39, 0.29) is 29.1 Å². The van der Waals surface area contributed by atoms with Crippen molar-refractivity contribution in [3.05, 3.63) is 91.0 Å². The maximum atomic E-state index is 13.8. The van der Waals surface area contributed by atoms with Gasteiger partial charge in [0.25, 0.3) is 0 Å². The Balaban J connectivity index is 1.35. The van der Waals surface area contributed by atoms with E-state index in [2.05, 4.69) is 5.32 Å².